The number of aromatic nitrogens is 2. The molecule has 2 aromatic rings. The van der Waals surface area contributed by atoms with E-state index in [0.717, 1.165) is 29.5 Å². The maximum absolute atomic E-state index is 5.94. The van der Waals surface area contributed by atoms with E-state index in [4.69, 9.17) is 10.7 Å². The van der Waals surface area contributed by atoms with Crippen molar-refractivity contribution < 1.29 is 0 Å². The van der Waals surface area contributed by atoms with Crippen molar-refractivity contribution in [1.82, 2.24) is 14.9 Å². The fourth-order valence-corrected chi connectivity index (χ4v) is 3.84. The van der Waals surface area contributed by atoms with Crippen LogP contribution in [0, 0.1) is 0 Å². The van der Waals surface area contributed by atoms with Gasteiger partial charge in [0.1, 0.15) is 5.01 Å². The molecule has 0 bridgehead atoms. The number of pyridine rings is 1. The second kappa shape index (κ2) is 6.64. The van der Waals surface area contributed by atoms with Crippen LogP contribution < -0.4 is 5.73 Å². The molecule has 0 radical (unpaired) electrons. The number of piperidine rings is 1. The lowest BCUT2D eigenvalue weighted by molar-refractivity contribution is 0.0880. The molecule has 1 aliphatic rings. The highest BCUT2D eigenvalue weighted by Gasteiger charge is 2.27. The molecule has 3 rings (SSSR count). The third kappa shape index (κ3) is 3.31. The van der Waals surface area contributed by atoms with Crippen molar-refractivity contribution in [3.63, 3.8) is 0 Å². The Labute approximate surface area is 130 Å². The average molecular weight is 302 g/mol. The van der Waals surface area contributed by atoms with E-state index in [-0.39, 0.29) is 0 Å². The number of likely N-dealkylation sites (tertiary alicyclic amines) is 1. The summed E-state index contributed by atoms with van der Waals surface area (Å²) in [5.74, 6) is 0. The summed E-state index contributed by atoms with van der Waals surface area (Å²) in [7, 11) is 0. The maximum Gasteiger partial charge on any atom is 0.142 e. The van der Waals surface area contributed by atoms with Gasteiger partial charge >= 0.3 is 0 Å². The minimum atomic E-state index is 0.494. The average Bonchev–Trinajstić information content (AvgIpc) is 2.99. The largest absolute Gasteiger partial charge is 0.329 e. The summed E-state index contributed by atoms with van der Waals surface area (Å²) in [6, 6.07) is 7.02. The fraction of sp³-hybridized carbons (Fsp3) is 0.500. The second-order valence-corrected chi connectivity index (χ2v) is 6.56. The second-order valence-electron chi connectivity index (χ2n) is 5.70. The van der Waals surface area contributed by atoms with Gasteiger partial charge in [0.05, 0.1) is 11.4 Å². The van der Waals surface area contributed by atoms with E-state index in [0.29, 0.717) is 12.1 Å². The Morgan fingerprint density at radius 1 is 1.38 bits per heavy atom. The molecule has 5 heteroatoms. The van der Waals surface area contributed by atoms with Crippen LogP contribution in [-0.2, 0) is 6.54 Å². The van der Waals surface area contributed by atoms with E-state index >= 15 is 0 Å². The molecule has 0 saturated carbocycles. The van der Waals surface area contributed by atoms with Crippen LogP contribution in [0.1, 0.15) is 31.9 Å². The molecule has 2 aromatic heterocycles. The Morgan fingerprint density at radius 2 is 2.29 bits per heavy atom. The van der Waals surface area contributed by atoms with Crippen LogP contribution in [0.25, 0.3) is 10.7 Å². The molecule has 3 heterocycles. The molecule has 0 aliphatic carbocycles. The molecule has 0 aromatic carbocycles. The van der Waals surface area contributed by atoms with Gasteiger partial charge in [-0.05, 0) is 31.9 Å². The summed E-state index contributed by atoms with van der Waals surface area (Å²) >= 11 is 1.67. The molecule has 2 atom stereocenters. The van der Waals surface area contributed by atoms with Gasteiger partial charge in [-0.3, -0.25) is 9.88 Å². The summed E-state index contributed by atoms with van der Waals surface area (Å²) in [6.45, 7) is 3.93. The Hall–Kier alpha value is -1.30. The lowest BCUT2D eigenvalue weighted by atomic mass is 9.96. The van der Waals surface area contributed by atoms with Gasteiger partial charge in [-0.1, -0.05) is 12.5 Å². The van der Waals surface area contributed by atoms with Crippen LogP contribution in [0.15, 0.2) is 29.8 Å². The quantitative estimate of drug-likeness (QED) is 0.943. The Balaban J connectivity index is 1.74. The van der Waals surface area contributed by atoms with Crippen LogP contribution in [0.5, 0.6) is 0 Å². The highest BCUT2D eigenvalue weighted by atomic mass is 32.1. The molecule has 1 aliphatic heterocycles. The zero-order valence-electron chi connectivity index (χ0n) is 12.4. The lowest BCUT2D eigenvalue weighted by Crippen LogP contribution is -2.48. The van der Waals surface area contributed by atoms with Gasteiger partial charge in [0, 0.05) is 36.8 Å². The van der Waals surface area contributed by atoms with Gasteiger partial charge in [0.2, 0.25) is 0 Å². The highest BCUT2D eigenvalue weighted by molar-refractivity contribution is 7.13. The van der Waals surface area contributed by atoms with E-state index < -0.39 is 0 Å². The van der Waals surface area contributed by atoms with E-state index in [1.165, 1.54) is 19.3 Å². The molecule has 21 heavy (non-hydrogen) atoms. The summed E-state index contributed by atoms with van der Waals surface area (Å²) < 4.78 is 0. The monoisotopic (exact) mass is 302 g/mol. The molecule has 1 fully saturated rings. The van der Waals surface area contributed by atoms with Gasteiger partial charge in [-0.25, -0.2) is 4.98 Å². The minimum absolute atomic E-state index is 0.494. The van der Waals surface area contributed by atoms with Gasteiger partial charge in [-0.15, -0.1) is 11.3 Å². The highest BCUT2D eigenvalue weighted by Crippen LogP contribution is 2.27. The molecular formula is C16H22N4S. The number of hydrogen-bond acceptors (Lipinski definition) is 5. The normalized spacial score (nSPS) is 23.3. The van der Waals surface area contributed by atoms with Crippen molar-refractivity contribution in [2.24, 2.45) is 5.73 Å². The predicted molar refractivity (Wildman–Crippen MR) is 87.0 cm³/mol. The third-order valence-corrected chi connectivity index (χ3v) is 5.16. The van der Waals surface area contributed by atoms with Crippen LogP contribution in [0.2, 0.25) is 0 Å². The first-order valence-corrected chi connectivity index (χ1v) is 8.47. The fourth-order valence-electron chi connectivity index (χ4n) is 3.05. The summed E-state index contributed by atoms with van der Waals surface area (Å²) in [5.41, 5.74) is 8.02. The first-order valence-electron chi connectivity index (χ1n) is 7.59. The van der Waals surface area contributed by atoms with Gasteiger partial charge < -0.3 is 5.73 Å². The SMILES string of the molecule is CC1CCCC(CN)N1Cc1csc(-c2ccccn2)n1. The number of hydrogen-bond donors (Lipinski definition) is 1. The smallest absolute Gasteiger partial charge is 0.142 e. The van der Waals surface area contributed by atoms with Gasteiger partial charge in [-0.2, -0.15) is 0 Å². The molecule has 112 valence electrons. The standard InChI is InChI=1S/C16H22N4S/c1-12-5-4-6-14(9-17)20(12)10-13-11-21-16(19-13)15-7-2-3-8-18-15/h2-3,7-8,11-12,14H,4-6,9-10,17H2,1H3. The molecule has 2 N–H and O–H groups in total. The van der Waals surface area contributed by atoms with Crippen molar-refractivity contribution in [1.29, 1.82) is 0 Å². The molecule has 2 unspecified atom stereocenters. The third-order valence-electron chi connectivity index (χ3n) is 4.25. The van der Waals surface area contributed by atoms with Crippen molar-refractivity contribution in [3.8, 4) is 10.7 Å². The topological polar surface area (TPSA) is 55.0 Å². The summed E-state index contributed by atoms with van der Waals surface area (Å²) in [6.07, 6.45) is 5.56. The van der Waals surface area contributed by atoms with Crippen molar-refractivity contribution in [2.75, 3.05) is 6.54 Å². The first-order chi connectivity index (χ1) is 10.3. The van der Waals surface area contributed by atoms with E-state index in [1.807, 2.05) is 24.4 Å². The predicted octanol–water partition coefficient (Wildman–Crippen LogP) is 2.91. The van der Waals surface area contributed by atoms with Crippen LogP contribution in [-0.4, -0.2) is 33.5 Å². The van der Waals surface area contributed by atoms with Crippen molar-refractivity contribution in [2.45, 2.75) is 44.8 Å². The summed E-state index contributed by atoms with van der Waals surface area (Å²) in [4.78, 5) is 11.6. The van der Waals surface area contributed by atoms with E-state index in [9.17, 15) is 0 Å². The molecule has 1 saturated heterocycles. The zero-order valence-corrected chi connectivity index (χ0v) is 13.2. The Bertz CT molecular complexity index is 569. The molecular weight excluding hydrogens is 280 g/mol. The number of thiazole rings is 1. The number of nitrogens with two attached hydrogens (primary N) is 1. The van der Waals surface area contributed by atoms with Crippen molar-refractivity contribution >= 4 is 11.3 Å². The van der Waals surface area contributed by atoms with E-state index in [1.54, 1.807) is 11.3 Å². The molecule has 0 amide bonds. The van der Waals surface area contributed by atoms with Crippen LogP contribution in [0.4, 0.5) is 0 Å². The molecule has 4 nitrogen and oxygen atoms in total. The van der Waals surface area contributed by atoms with E-state index in [2.05, 4.69) is 22.2 Å². The number of rotatable bonds is 4. The number of nitrogens with zero attached hydrogens (tertiary/aromatic N) is 3. The first kappa shape index (κ1) is 14.6. The lowest BCUT2D eigenvalue weighted by Gasteiger charge is -2.39. The summed E-state index contributed by atoms with van der Waals surface area (Å²) in [5, 5.41) is 3.15. The van der Waals surface area contributed by atoms with Crippen LogP contribution in [0.3, 0.4) is 0 Å². The molecule has 0 spiro atoms. The van der Waals surface area contributed by atoms with Crippen LogP contribution >= 0.6 is 11.3 Å². The van der Waals surface area contributed by atoms with Crippen molar-refractivity contribution in [3.05, 3.63) is 35.5 Å². The minimum Gasteiger partial charge on any atom is -0.329 e. The zero-order chi connectivity index (χ0) is 14.7. The van der Waals surface area contributed by atoms with Gasteiger partial charge in [0.25, 0.3) is 0 Å². The van der Waals surface area contributed by atoms with Gasteiger partial charge in [0.15, 0.2) is 0 Å². The maximum atomic E-state index is 5.94. The Kier molecular flexibility index (Phi) is 4.63. The Morgan fingerprint density at radius 3 is 3.05 bits per heavy atom.